The number of rotatable bonds is 3. The van der Waals surface area contributed by atoms with Crippen molar-refractivity contribution in [2.24, 2.45) is 0 Å². The molecular formula is C14H14Cl2N2O2S. The van der Waals surface area contributed by atoms with Gasteiger partial charge in [0.1, 0.15) is 0 Å². The number of hydrogen-bond donors (Lipinski definition) is 2. The van der Waals surface area contributed by atoms with Crippen LogP contribution in [0, 0.1) is 13.8 Å². The lowest BCUT2D eigenvalue weighted by Gasteiger charge is -2.13. The van der Waals surface area contributed by atoms with E-state index >= 15 is 0 Å². The molecule has 0 aliphatic carbocycles. The van der Waals surface area contributed by atoms with Gasteiger partial charge in [-0.3, -0.25) is 4.72 Å². The summed E-state index contributed by atoms with van der Waals surface area (Å²) in [6.45, 7) is 3.66. The highest BCUT2D eigenvalue weighted by Crippen LogP contribution is 2.27. The van der Waals surface area contributed by atoms with E-state index in [1.807, 2.05) is 13.0 Å². The molecule has 2 rings (SSSR count). The third kappa shape index (κ3) is 3.61. The van der Waals surface area contributed by atoms with Crippen molar-refractivity contribution in [3.63, 3.8) is 0 Å². The fourth-order valence-corrected chi connectivity index (χ4v) is 3.71. The van der Waals surface area contributed by atoms with Gasteiger partial charge in [-0.05, 0) is 49.2 Å². The van der Waals surface area contributed by atoms with Gasteiger partial charge < -0.3 is 5.73 Å². The third-order valence-corrected chi connectivity index (χ3v) is 4.79. The molecule has 2 aromatic rings. The molecule has 0 aliphatic heterocycles. The summed E-state index contributed by atoms with van der Waals surface area (Å²) in [5.74, 6) is 0. The number of nitrogens with two attached hydrogens (primary N) is 1. The number of benzene rings is 2. The van der Waals surface area contributed by atoms with Crippen LogP contribution in [0.25, 0.3) is 0 Å². The zero-order chi connectivity index (χ0) is 15.8. The average Bonchev–Trinajstić information content (AvgIpc) is 2.34. The second-order valence-corrected chi connectivity index (χ2v) is 7.29. The first-order chi connectivity index (χ1) is 9.69. The van der Waals surface area contributed by atoms with E-state index in [1.165, 1.54) is 18.2 Å². The molecule has 0 spiro atoms. The number of nitrogen functional groups attached to an aromatic ring is 1. The summed E-state index contributed by atoms with van der Waals surface area (Å²) in [6, 6.07) is 7.55. The summed E-state index contributed by atoms with van der Waals surface area (Å²) in [5, 5.41) is 0.506. The second-order valence-electron chi connectivity index (χ2n) is 4.73. The lowest BCUT2D eigenvalue weighted by Crippen LogP contribution is -2.14. The van der Waals surface area contributed by atoms with E-state index in [-0.39, 0.29) is 14.9 Å². The molecule has 0 saturated heterocycles. The Morgan fingerprint density at radius 2 is 1.52 bits per heavy atom. The highest BCUT2D eigenvalue weighted by atomic mass is 35.5. The Labute approximate surface area is 133 Å². The maximum Gasteiger partial charge on any atom is 0.262 e. The zero-order valence-corrected chi connectivity index (χ0v) is 13.8. The fraction of sp³-hybridized carbons (Fsp3) is 0.143. The smallest absolute Gasteiger partial charge is 0.262 e. The van der Waals surface area contributed by atoms with E-state index in [1.54, 1.807) is 13.0 Å². The van der Waals surface area contributed by atoms with Gasteiger partial charge in [-0.2, -0.15) is 0 Å². The molecule has 4 nitrogen and oxygen atoms in total. The number of hydrogen-bond acceptors (Lipinski definition) is 3. The molecule has 0 aromatic heterocycles. The standard InChI is InChI=1S/C14H14Cl2N2O2S/c1-8-3-9(2)14(7-13(8)17)18-21(19,20)12-5-10(15)4-11(16)6-12/h3-7,18H,17H2,1-2H3. The maximum atomic E-state index is 12.4. The Morgan fingerprint density at radius 1 is 0.952 bits per heavy atom. The van der Waals surface area contributed by atoms with E-state index in [2.05, 4.69) is 4.72 Å². The first-order valence-corrected chi connectivity index (χ1v) is 8.28. The van der Waals surface area contributed by atoms with Crippen molar-refractivity contribution in [1.82, 2.24) is 0 Å². The number of aryl methyl sites for hydroxylation is 2. The van der Waals surface area contributed by atoms with Gasteiger partial charge in [-0.1, -0.05) is 29.3 Å². The van der Waals surface area contributed by atoms with E-state index in [0.29, 0.717) is 11.4 Å². The van der Waals surface area contributed by atoms with Crippen molar-refractivity contribution < 1.29 is 8.42 Å². The van der Waals surface area contributed by atoms with Gasteiger partial charge in [0.15, 0.2) is 0 Å². The summed E-state index contributed by atoms with van der Waals surface area (Å²) in [4.78, 5) is -0.00135. The maximum absolute atomic E-state index is 12.4. The predicted molar refractivity (Wildman–Crippen MR) is 87.6 cm³/mol. The minimum Gasteiger partial charge on any atom is -0.398 e. The second kappa shape index (κ2) is 5.75. The van der Waals surface area contributed by atoms with Crippen LogP contribution in [0.5, 0.6) is 0 Å². The van der Waals surface area contributed by atoms with Gasteiger partial charge >= 0.3 is 0 Å². The third-order valence-electron chi connectivity index (χ3n) is 3.00. The van der Waals surface area contributed by atoms with Gasteiger partial charge in [0.2, 0.25) is 0 Å². The van der Waals surface area contributed by atoms with Crippen LogP contribution in [0.1, 0.15) is 11.1 Å². The SMILES string of the molecule is Cc1cc(C)c(NS(=O)(=O)c2cc(Cl)cc(Cl)c2)cc1N. The van der Waals surface area contributed by atoms with Crippen molar-refractivity contribution in [2.45, 2.75) is 18.7 Å². The molecule has 0 atom stereocenters. The minimum atomic E-state index is -3.78. The molecule has 0 aliphatic rings. The molecular weight excluding hydrogens is 331 g/mol. The van der Waals surface area contributed by atoms with Crippen LogP contribution in [0.2, 0.25) is 10.0 Å². The van der Waals surface area contributed by atoms with Crippen molar-refractivity contribution >= 4 is 44.6 Å². The average molecular weight is 345 g/mol. The number of nitrogens with one attached hydrogen (secondary N) is 1. The molecule has 0 heterocycles. The number of anilines is 2. The summed E-state index contributed by atoms with van der Waals surface area (Å²) in [7, 11) is -3.78. The molecule has 0 bridgehead atoms. The largest absolute Gasteiger partial charge is 0.398 e. The first kappa shape index (κ1) is 15.9. The normalized spacial score (nSPS) is 11.4. The van der Waals surface area contributed by atoms with Crippen LogP contribution < -0.4 is 10.5 Å². The highest BCUT2D eigenvalue weighted by molar-refractivity contribution is 7.92. The van der Waals surface area contributed by atoms with Crippen LogP contribution in [0.3, 0.4) is 0 Å². The minimum absolute atomic E-state index is 0.00135. The lowest BCUT2D eigenvalue weighted by atomic mass is 10.1. The van der Waals surface area contributed by atoms with Gasteiger partial charge in [0.05, 0.1) is 10.6 Å². The van der Waals surface area contributed by atoms with Crippen LogP contribution in [0.4, 0.5) is 11.4 Å². The highest BCUT2D eigenvalue weighted by Gasteiger charge is 2.17. The summed E-state index contributed by atoms with van der Waals surface area (Å²) in [5.41, 5.74) is 8.43. The Morgan fingerprint density at radius 3 is 2.10 bits per heavy atom. The van der Waals surface area contributed by atoms with E-state index in [9.17, 15) is 8.42 Å². The Hall–Kier alpha value is -1.43. The van der Waals surface area contributed by atoms with Gasteiger partial charge in [0.25, 0.3) is 10.0 Å². The molecule has 0 radical (unpaired) electrons. The number of halogens is 2. The molecule has 3 N–H and O–H groups in total. The predicted octanol–water partition coefficient (Wildman–Crippen LogP) is 3.99. The molecule has 7 heteroatoms. The summed E-state index contributed by atoms with van der Waals surface area (Å²) >= 11 is 11.7. The number of sulfonamides is 1. The molecule has 0 unspecified atom stereocenters. The Balaban J connectivity index is 2.44. The van der Waals surface area contributed by atoms with Gasteiger partial charge in [0, 0.05) is 15.7 Å². The first-order valence-electron chi connectivity index (χ1n) is 6.04. The van der Waals surface area contributed by atoms with Crippen molar-refractivity contribution in [3.05, 3.63) is 51.5 Å². The van der Waals surface area contributed by atoms with Crippen molar-refractivity contribution in [1.29, 1.82) is 0 Å². The topological polar surface area (TPSA) is 72.2 Å². The monoisotopic (exact) mass is 344 g/mol. The molecule has 0 saturated carbocycles. The Bertz CT molecular complexity index is 785. The van der Waals surface area contributed by atoms with Crippen LogP contribution in [-0.2, 0) is 10.0 Å². The van der Waals surface area contributed by atoms with Crippen LogP contribution in [0.15, 0.2) is 35.2 Å². The summed E-state index contributed by atoms with van der Waals surface area (Å²) < 4.78 is 27.3. The van der Waals surface area contributed by atoms with E-state index in [4.69, 9.17) is 28.9 Å². The Kier molecular flexibility index (Phi) is 4.37. The fourth-order valence-electron chi connectivity index (χ4n) is 1.87. The van der Waals surface area contributed by atoms with Crippen LogP contribution in [-0.4, -0.2) is 8.42 Å². The van der Waals surface area contributed by atoms with Gasteiger partial charge in [-0.25, -0.2) is 8.42 Å². The van der Waals surface area contributed by atoms with E-state index < -0.39 is 10.0 Å². The molecule has 0 fully saturated rings. The zero-order valence-electron chi connectivity index (χ0n) is 11.4. The van der Waals surface area contributed by atoms with Crippen molar-refractivity contribution in [2.75, 3.05) is 10.5 Å². The van der Waals surface area contributed by atoms with Gasteiger partial charge in [-0.15, -0.1) is 0 Å². The molecule has 2 aromatic carbocycles. The molecule has 0 amide bonds. The van der Waals surface area contributed by atoms with E-state index in [0.717, 1.165) is 11.1 Å². The molecule has 112 valence electrons. The van der Waals surface area contributed by atoms with Crippen molar-refractivity contribution in [3.8, 4) is 0 Å². The molecule has 21 heavy (non-hydrogen) atoms. The summed E-state index contributed by atoms with van der Waals surface area (Å²) in [6.07, 6.45) is 0. The van der Waals surface area contributed by atoms with Crippen LogP contribution >= 0.6 is 23.2 Å². The lowest BCUT2D eigenvalue weighted by molar-refractivity contribution is 0.601. The quantitative estimate of drug-likeness (QED) is 0.826.